The van der Waals surface area contributed by atoms with E-state index in [1.807, 2.05) is 32.5 Å². The number of nitrogens with one attached hydrogen (secondary N) is 3. The summed E-state index contributed by atoms with van der Waals surface area (Å²) in [4.78, 5) is 15.9. The molecule has 0 saturated carbocycles. The van der Waals surface area contributed by atoms with E-state index in [4.69, 9.17) is 0 Å². The Kier molecular flexibility index (Phi) is 8.99. The van der Waals surface area contributed by atoms with Gasteiger partial charge in [0.05, 0.1) is 6.54 Å². The molecule has 1 amide bonds. The van der Waals surface area contributed by atoms with Crippen molar-refractivity contribution < 1.29 is 4.79 Å². The number of rotatable bonds is 4. The van der Waals surface area contributed by atoms with Gasteiger partial charge in [-0.2, -0.15) is 11.8 Å². The second-order valence-electron chi connectivity index (χ2n) is 6.48. The summed E-state index contributed by atoms with van der Waals surface area (Å²) < 4.78 is 0.283. The lowest BCUT2D eigenvalue weighted by molar-refractivity contribution is -0.121. The van der Waals surface area contributed by atoms with Crippen molar-refractivity contribution in [2.45, 2.75) is 50.8 Å². The van der Waals surface area contributed by atoms with Crippen LogP contribution in [0.5, 0.6) is 0 Å². The molecule has 0 aromatic heterocycles. The molecule has 0 aliphatic carbocycles. The van der Waals surface area contributed by atoms with Gasteiger partial charge < -0.3 is 16.0 Å². The average molecular weight is 428 g/mol. The molecule has 21 heavy (non-hydrogen) atoms. The number of guanidine groups is 1. The van der Waals surface area contributed by atoms with Crippen molar-refractivity contribution in [2.24, 2.45) is 4.99 Å². The summed E-state index contributed by atoms with van der Waals surface area (Å²) in [6, 6.07) is 0. The molecular weight excluding hydrogens is 399 g/mol. The first-order chi connectivity index (χ1) is 9.24. The SMILES string of the molecule is CN=C(NCC(=O)NC(C)(C)C)NCC1(C)CCCS1.I. The first-order valence-corrected chi connectivity index (χ1v) is 8.12. The van der Waals surface area contributed by atoms with Crippen LogP contribution in [-0.4, -0.2) is 48.0 Å². The molecule has 0 aromatic carbocycles. The van der Waals surface area contributed by atoms with Gasteiger partial charge in [-0.25, -0.2) is 0 Å². The zero-order valence-corrected chi connectivity index (χ0v) is 16.9. The van der Waals surface area contributed by atoms with Crippen LogP contribution >= 0.6 is 35.7 Å². The molecule has 0 bridgehead atoms. The first-order valence-electron chi connectivity index (χ1n) is 7.14. The van der Waals surface area contributed by atoms with Crippen molar-refractivity contribution in [3.63, 3.8) is 0 Å². The standard InChI is InChI=1S/C14H28N4OS.HI/c1-13(2,3)18-11(19)9-16-12(15-5)17-10-14(4)7-6-8-20-14;/h6-10H2,1-5H3,(H,18,19)(H2,15,16,17);1H. The highest BCUT2D eigenvalue weighted by Gasteiger charge is 2.29. The van der Waals surface area contributed by atoms with E-state index >= 15 is 0 Å². The lowest BCUT2D eigenvalue weighted by Crippen LogP contribution is -2.49. The second-order valence-corrected chi connectivity index (χ2v) is 8.16. The van der Waals surface area contributed by atoms with Gasteiger partial charge in [-0.05, 0) is 46.3 Å². The van der Waals surface area contributed by atoms with Crippen molar-refractivity contribution in [1.82, 2.24) is 16.0 Å². The van der Waals surface area contributed by atoms with Crippen molar-refractivity contribution in [2.75, 3.05) is 25.9 Å². The number of aliphatic imine (C=N–C) groups is 1. The summed E-state index contributed by atoms with van der Waals surface area (Å²) in [5.74, 6) is 1.89. The van der Waals surface area contributed by atoms with E-state index in [1.165, 1.54) is 18.6 Å². The van der Waals surface area contributed by atoms with Crippen molar-refractivity contribution in [1.29, 1.82) is 0 Å². The van der Waals surface area contributed by atoms with Crippen molar-refractivity contribution >= 4 is 47.6 Å². The van der Waals surface area contributed by atoms with Gasteiger partial charge in [-0.1, -0.05) is 0 Å². The first kappa shape index (κ1) is 20.8. The molecule has 3 N–H and O–H groups in total. The molecule has 1 saturated heterocycles. The van der Waals surface area contributed by atoms with Crippen molar-refractivity contribution in [3.05, 3.63) is 0 Å². The Labute approximate surface area is 149 Å². The molecule has 5 nitrogen and oxygen atoms in total. The number of hydrogen-bond acceptors (Lipinski definition) is 3. The smallest absolute Gasteiger partial charge is 0.239 e. The van der Waals surface area contributed by atoms with E-state index in [0.717, 1.165) is 6.54 Å². The molecule has 1 aliphatic rings. The third-order valence-corrected chi connectivity index (χ3v) is 4.62. The Bertz CT molecular complexity index is 362. The van der Waals surface area contributed by atoms with Crippen LogP contribution in [0.25, 0.3) is 0 Å². The Morgan fingerprint density at radius 3 is 2.48 bits per heavy atom. The Morgan fingerprint density at radius 1 is 1.33 bits per heavy atom. The van der Waals surface area contributed by atoms with Gasteiger partial charge in [0.25, 0.3) is 0 Å². The molecule has 0 aromatic rings. The highest BCUT2D eigenvalue weighted by Crippen LogP contribution is 2.36. The molecule has 0 spiro atoms. The Balaban J connectivity index is 0.00000400. The zero-order chi connectivity index (χ0) is 15.2. The fourth-order valence-corrected chi connectivity index (χ4v) is 3.34. The summed E-state index contributed by atoms with van der Waals surface area (Å²) in [6.45, 7) is 9.29. The predicted molar refractivity (Wildman–Crippen MR) is 103 cm³/mol. The molecule has 124 valence electrons. The second kappa shape index (κ2) is 9.07. The lowest BCUT2D eigenvalue weighted by Gasteiger charge is -2.25. The molecule has 1 atom stereocenters. The summed E-state index contributed by atoms with van der Waals surface area (Å²) in [6.07, 6.45) is 2.51. The number of nitrogens with zero attached hydrogens (tertiary/aromatic N) is 1. The van der Waals surface area contributed by atoms with Crippen LogP contribution in [0.15, 0.2) is 4.99 Å². The largest absolute Gasteiger partial charge is 0.355 e. The van der Waals surface area contributed by atoms with Gasteiger partial charge in [-0.15, -0.1) is 24.0 Å². The summed E-state index contributed by atoms with van der Waals surface area (Å²) >= 11 is 2.00. The normalized spacial score (nSPS) is 22.4. The topological polar surface area (TPSA) is 65.5 Å². The van der Waals surface area contributed by atoms with E-state index in [-0.39, 0.29) is 46.7 Å². The zero-order valence-electron chi connectivity index (χ0n) is 13.7. The van der Waals surface area contributed by atoms with Crippen LogP contribution in [0, 0.1) is 0 Å². The minimum absolute atomic E-state index is 0. The number of halogens is 1. The number of thioether (sulfide) groups is 1. The van der Waals surface area contributed by atoms with Crippen molar-refractivity contribution in [3.8, 4) is 0 Å². The quantitative estimate of drug-likeness (QED) is 0.364. The maximum atomic E-state index is 11.7. The van der Waals surface area contributed by atoms with Gasteiger partial charge in [0, 0.05) is 23.9 Å². The minimum Gasteiger partial charge on any atom is -0.355 e. The predicted octanol–water partition coefficient (Wildman–Crippen LogP) is 1.97. The van der Waals surface area contributed by atoms with Crippen LogP contribution in [0.3, 0.4) is 0 Å². The van der Waals surface area contributed by atoms with E-state index in [9.17, 15) is 4.79 Å². The van der Waals surface area contributed by atoms with Crippen LogP contribution in [0.1, 0.15) is 40.5 Å². The highest BCUT2D eigenvalue weighted by molar-refractivity contribution is 14.0. The lowest BCUT2D eigenvalue weighted by atomic mass is 10.1. The summed E-state index contributed by atoms with van der Waals surface area (Å²) in [7, 11) is 1.72. The Hall–Kier alpha value is -0.180. The molecule has 1 unspecified atom stereocenters. The Morgan fingerprint density at radius 2 is 2.00 bits per heavy atom. The highest BCUT2D eigenvalue weighted by atomic mass is 127. The monoisotopic (exact) mass is 428 g/mol. The summed E-state index contributed by atoms with van der Waals surface area (Å²) in [5.41, 5.74) is -0.205. The molecule has 1 fully saturated rings. The third kappa shape index (κ3) is 8.75. The van der Waals surface area contributed by atoms with Gasteiger partial charge in [0.1, 0.15) is 0 Å². The average Bonchev–Trinajstić information content (AvgIpc) is 2.74. The van der Waals surface area contributed by atoms with Gasteiger partial charge in [-0.3, -0.25) is 9.79 Å². The van der Waals surface area contributed by atoms with Crippen LogP contribution < -0.4 is 16.0 Å². The summed E-state index contributed by atoms with van der Waals surface area (Å²) in [5, 5.41) is 9.27. The molecule has 1 aliphatic heterocycles. The van der Waals surface area contributed by atoms with Crippen LogP contribution in [-0.2, 0) is 4.79 Å². The molecule has 1 heterocycles. The maximum Gasteiger partial charge on any atom is 0.239 e. The van der Waals surface area contributed by atoms with E-state index in [0.29, 0.717) is 5.96 Å². The van der Waals surface area contributed by atoms with E-state index < -0.39 is 0 Å². The molecule has 0 radical (unpaired) electrons. The maximum absolute atomic E-state index is 11.7. The number of carbonyl (C=O) groups excluding carboxylic acids is 1. The van der Waals surface area contributed by atoms with E-state index in [2.05, 4.69) is 27.9 Å². The molecule has 1 rings (SSSR count). The van der Waals surface area contributed by atoms with Gasteiger partial charge in [0.2, 0.25) is 5.91 Å². The van der Waals surface area contributed by atoms with Crippen LogP contribution in [0.4, 0.5) is 0 Å². The van der Waals surface area contributed by atoms with Gasteiger partial charge >= 0.3 is 0 Å². The van der Waals surface area contributed by atoms with E-state index in [1.54, 1.807) is 7.05 Å². The fourth-order valence-electron chi connectivity index (χ4n) is 2.09. The molecule has 7 heteroatoms. The number of amides is 1. The van der Waals surface area contributed by atoms with Gasteiger partial charge in [0.15, 0.2) is 5.96 Å². The minimum atomic E-state index is -0.205. The number of carbonyl (C=O) groups is 1. The fraction of sp³-hybridized carbons (Fsp3) is 0.857. The molecular formula is C14H29IN4OS. The number of hydrogen-bond donors (Lipinski definition) is 3. The van der Waals surface area contributed by atoms with Crippen LogP contribution in [0.2, 0.25) is 0 Å². The third-order valence-electron chi connectivity index (χ3n) is 3.08.